The summed E-state index contributed by atoms with van der Waals surface area (Å²) in [6.45, 7) is 1.94. The van der Waals surface area contributed by atoms with Crippen LogP contribution in [0.3, 0.4) is 0 Å². The Hall–Kier alpha value is -4.20. The van der Waals surface area contributed by atoms with Crippen LogP contribution in [0.15, 0.2) is 84.9 Å². The normalized spacial score (nSPS) is 14.1. The molecular formula is C28H29FN4O3. The smallest absolute Gasteiger partial charge is 0.317 e. The maximum atomic E-state index is 13.6. The van der Waals surface area contributed by atoms with Crippen LogP contribution >= 0.6 is 0 Å². The molecule has 1 saturated heterocycles. The second-order valence-electron chi connectivity index (χ2n) is 8.68. The first-order valence-corrected chi connectivity index (χ1v) is 12.0. The number of amides is 4. The van der Waals surface area contributed by atoms with Gasteiger partial charge < -0.3 is 20.4 Å². The van der Waals surface area contributed by atoms with Crippen LogP contribution in [0.2, 0.25) is 0 Å². The Morgan fingerprint density at radius 3 is 2.03 bits per heavy atom. The lowest BCUT2D eigenvalue weighted by Crippen LogP contribution is -2.57. The zero-order chi connectivity index (χ0) is 25.3. The first-order valence-electron chi connectivity index (χ1n) is 12.0. The summed E-state index contributed by atoms with van der Waals surface area (Å²) >= 11 is 0. The molecule has 8 heteroatoms. The topological polar surface area (TPSA) is 81.8 Å². The molecular weight excluding hydrogens is 459 g/mol. The molecule has 0 radical (unpaired) electrons. The fraction of sp³-hybridized carbons (Fsp3) is 0.250. The first-order chi connectivity index (χ1) is 17.5. The number of halogens is 1. The van der Waals surface area contributed by atoms with Gasteiger partial charge in [-0.1, -0.05) is 66.7 Å². The monoisotopic (exact) mass is 488 g/mol. The third-order valence-corrected chi connectivity index (χ3v) is 6.14. The summed E-state index contributed by atoms with van der Waals surface area (Å²) in [4.78, 5) is 42.2. The molecule has 1 unspecified atom stereocenters. The number of rotatable bonds is 7. The van der Waals surface area contributed by atoms with E-state index in [1.54, 1.807) is 9.80 Å². The molecule has 0 saturated carbocycles. The highest BCUT2D eigenvalue weighted by molar-refractivity contribution is 5.97. The van der Waals surface area contributed by atoms with Crippen LogP contribution in [-0.2, 0) is 17.8 Å². The molecule has 1 atom stereocenters. The van der Waals surface area contributed by atoms with Gasteiger partial charge in [0.2, 0.25) is 5.91 Å². The predicted molar refractivity (Wildman–Crippen MR) is 135 cm³/mol. The van der Waals surface area contributed by atoms with Crippen molar-refractivity contribution in [3.05, 3.63) is 107 Å². The lowest BCUT2D eigenvalue weighted by molar-refractivity contribution is -0.134. The number of nitrogens with one attached hydrogen (secondary N) is 2. The van der Waals surface area contributed by atoms with Crippen LogP contribution in [-0.4, -0.2) is 59.9 Å². The van der Waals surface area contributed by atoms with Crippen LogP contribution < -0.4 is 10.6 Å². The molecule has 4 amide bonds. The van der Waals surface area contributed by atoms with Gasteiger partial charge in [0.1, 0.15) is 11.9 Å². The Kier molecular flexibility index (Phi) is 8.28. The molecule has 4 rings (SSSR count). The van der Waals surface area contributed by atoms with Crippen LogP contribution in [0.5, 0.6) is 0 Å². The van der Waals surface area contributed by atoms with Crippen molar-refractivity contribution in [3.63, 3.8) is 0 Å². The zero-order valence-corrected chi connectivity index (χ0v) is 19.9. The second kappa shape index (κ2) is 12.0. The molecule has 2 N–H and O–H groups in total. The summed E-state index contributed by atoms with van der Waals surface area (Å²) in [5, 5.41) is 5.70. The maximum absolute atomic E-state index is 13.6. The van der Waals surface area contributed by atoms with Crippen molar-refractivity contribution in [2.45, 2.75) is 19.0 Å². The molecule has 0 aromatic heterocycles. The van der Waals surface area contributed by atoms with Gasteiger partial charge in [0.25, 0.3) is 5.91 Å². The van der Waals surface area contributed by atoms with Gasteiger partial charge in [-0.05, 0) is 29.3 Å². The zero-order valence-electron chi connectivity index (χ0n) is 19.9. The fourth-order valence-electron chi connectivity index (χ4n) is 4.16. The van der Waals surface area contributed by atoms with E-state index >= 15 is 0 Å². The van der Waals surface area contributed by atoms with E-state index in [1.165, 1.54) is 18.2 Å². The average molecular weight is 489 g/mol. The molecule has 0 aliphatic carbocycles. The van der Waals surface area contributed by atoms with E-state index in [-0.39, 0.29) is 17.5 Å². The van der Waals surface area contributed by atoms with Crippen LogP contribution in [0, 0.1) is 5.82 Å². The molecule has 36 heavy (non-hydrogen) atoms. The molecule has 3 aromatic rings. The van der Waals surface area contributed by atoms with E-state index in [4.69, 9.17) is 0 Å². The minimum absolute atomic E-state index is 0.153. The van der Waals surface area contributed by atoms with Gasteiger partial charge in [-0.15, -0.1) is 0 Å². The summed E-state index contributed by atoms with van der Waals surface area (Å²) in [5.74, 6) is -1.26. The molecule has 0 bridgehead atoms. The summed E-state index contributed by atoms with van der Waals surface area (Å²) in [5.41, 5.74) is 2.06. The Bertz CT molecular complexity index is 1180. The highest BCUT2D eigenvalue weighted by Gasteiger charge is 2.30. The Morgan fingerprint density at radius 2 is 1.39 bits per heavy atom. The van der Waals surface area contributed by atoms with Crippen molar-refractivity contribution in [3.8, 4) is 0 Å². The number of urea groups is 1. The number of piperazine rings is 1. The van der Waals surface area contributed by atoms with Crippen LogP contribution in [0.4, 0.5) is 9.18 Å². The lowest BCUT2D eigenvalue weighted by atomic mass is 10.0. The minimum Gasteiger partial charge on any atom is -0.340 e. The van der Waals surface area contributed by atoms with E-state index in [0.717, 1.165) is 17.2 Å². The molecule has 3 aromatic carbocycles. The Balaban J connectivity index is 1.37. The molecule has 0 spiro atoms. The summed E-state index contributed by atoms with van der Waals surface area (Å²) < 4.78 is 13.6. The minimum atomic E-state index is -0.818. The van der Waals surface area contributed by atoms with Crippen LogP contribution in [0.25, 0.3) is 0 Å². The lowest BCUT2D eigenvalue weighted by Gasteiger charge is -2.36. The standard InChI is InChI=1S/C28H29FN4O3/c29-24-13-7-12-23(19-24)26(34)31-25(18-21-8-3-1-4-9-21)27(35)32-14-16-33(17-15-32)28(36)30-20-22-10-5-2-6-11-22/h1-13,19,25H,14-18,20H2,(H,30,36)(H,31,34). The average Bonchev–Trinajstić information content (AvgIpc) is 2.92. The highest BCUT2D eigenvalue weighted by atomic mass is 19.1. The van der Waals surface area contributed by atoms with Crippen molar-refractivity contribution in [1.29, 1.82) is 0 Å². The van der Waals surface area contributed by atoms with Crippen molar-refractivity contribution >= 4 is 17.8 Å². The molecule has 1 fully saturated rings. The van der Waals surface area contributed by atoms with Crippen molar-refractivity contribution in [2.24, 2.45) is 0 Å². The molecule has 7 nitrogen and oxygen atoms in total. The number of carbonyl (C=O) groups is 3. The molecule has 1 heterocycles. The first kappa shape index (κ1) is 24.9. The van der Waals surface area contributed by atoms with Gasteiger partial charge in [-0.25, -0.2) is 9.18 Å². The highest BCUT2D eigenvalue weighted by Crippen LogP contribution is 2.11. The Morgan fingerprint density at radius 1 is 0.778 bits per heavy atom. The van der Waals surface area contributed by atoms with Gasteiger partial charge in [0.05, 0.1) is 0 Å². The molecule has 1 aliphatic rings. The van der Waals surface area contributed by atoms with Gasteiger partial charge in [0.15, 0.2) is 0 Å². The maximum Gasteiger partial charge on any atom is 0.317 e. The largest absolute Gasteiger partial charge is 0.340 e. The fourth-order valence-corrected chi connectivity index (χ4v) is 4.16. The summed E-state index contributed by atoms with van der Waals surface area (Å²) in [7, 11) is 0. The van der Waals surface area contributed by atoms with Crippen molar-refractivity contribution < 1.29 is 18.8 Å². The summed E-state index contributed by atoms with van der Waals surface area (Å²) in [6, 6.07) is 23.5. The van der Waals surface area contributed by atoms with Crippen molar-refractivity contribution in [1.82, 2.24) is 20.4 Å². The number of hydrogen-bond donors (Lipinski definition) is 2. The van der Waals surface area contributed by atoms with E-state index in [2.05, 4.69) is 10.6 Å². The number of nitrogens with zero attached hydrogens (tertiary/aromatic N) is 2. The molecule has 186 valence electrons. The van der Waals surface area contributed by atoms with Crippen molar-refractivity contribution in [2.75, 3.05) is 26.2 Å². The van der Waals surface area contributed by atoms with Gasteiger partial charge in [-0.3, -0.25) is 9.59 Å². The van der Waals surface area contributed by atoms with Gasteiger partial charge in [0, 0.05) is 44.7 Å². The number of carbonyl (C=O) groups excluding carboxylic acids is 3. The molecule has 1 aliphatic heterocycles. The van der Waals surface area contributed by atoms with E-state index in [0.29, 0.717) is 39.1 Å². The Labute approximate surface area is 209 Å². The van der Waals surface area contributed by atoms with E-state index in [9.17, 15) is 18.8 Å². The second-order valence-corrected chi connectivity index (χ2v) is 8.68. The van der Waals surface area contributed by atoms with Crippen LogP contribution in [0.1, 0.15) is 21.5 Å². The van der Waals surface area contributed by atoms with E-state index < -0.39 is 17.8 Å². The third kappa shape index (κ3) is 6.69. The predicted octanol–water partition coefficient (Wildman–Crippen LogP) is 3.22. The quantitative estimate of drug-likeness (QED) is 0.536. The summed E-state index contributed by atoms with van der Waals surface area (Å²) in [6.07, 6.45) is 0.304. The van der Waals surface area contributed by atoms with E-state index in [1.807, 2.05) is 60.7 Å². The third-order valence-electron chi connectivity index (χ3n) is 6.14. The SMILES string of the molecule is O=C(NC(Cc1ccccc1)C(=O)N1CCN(C(=O)NCc2ccccc2)CC1)c1cccc(F)c1. The van der Waals surface area contributed by atoms with Gasteiger partial charge in [-0.2, -0.15) is 0 Å². The number of benzene rings is 3. The number of hydrogen-bond acceptors (Lipinski definition) is 3. The van der Waals surface area contributed by atoms with Gasteiger partial charge >= 0.3 is 6.03 Å².